The molecule has 0 unspecified atom stereocenters. The van der Waals surface area contributed by atoms with Gasteiger partial charge in [-0.1, -0.05) is 48.5 Å². The molecule has 0 aliphatic heterocycles. The Morgan fingerprint density at radius 3 is 2.37 bits per heavy atom. The molecule has 1 aliphatic carbocycles. The number of aliphatic carboxylic acids is 1. The van der Waals surface area contributed by atoms with Gasteiger partial charge in [-0.25, -0.2) is 9.78 Å². The molecule has 1 aliphatic rings. The molecule has 2 heterocycles. The maximum Gasteiger partial charge on any atom is 0.421 e. The van der Waals surface area contributed by atoms with Gasteiger partial charge in [0.25, 0.3) is 5.56 Å². The number of nitrogen functional groups attached to an aromatic ring is 1. The van der Waals surface area contributed by atoms with E-state index < -0.39 is 36.7 Å². The SMILES string of the molecule is CCOC(=O)CN(Cc1nc2c(=O)[nH]c(N)nc2n1CC(=O)O)NC(=O)OCC1c2ccccc2-c2ccccc21. The van der Waals surface area contributed by atoms with Crippen LogP contribution in [0.1, 0.15) is 29.8 Å². The van der Waals surface area contributed by atoms with Crippen LogP contribution in [0.5, 0.6) is 0 Å². The number of esters is 1. The summed E-state index contributed by atoms with van der Waals surface area (Å²) in [6.45, 7) is 0.471. The van der Waals surface area contributed by atoms with Crippen molar-refractivity contribution in [3.05, 3.63) is 75.8 Å². The first kappa shape index (κ1) is 27.3. The highest BCUT2D eigenvalue weighted by Crippen LogP contribution is 2.44. The molecule has 14 nitrogen and oxygen atoms in total. The lowest BCUT2D eigenvalue weighted by Gasteiger charge is -2.22. The van der Waals surface area contributed by atoms with E-state index >= 15 is 0 Å². The van der Waals surface area contributed by atoms with Crippen LogP contribution in [0, 0.1) is 0 Å². The number of hydrazine groups is 1. The molecule has 0 bridgehead atoms. The van der Waals surface area contributed by atoms with Gasteiger partial charge < -0.3 is 20.3 Å². The topological polar surface area (TPSA) is 195 Å². The van der Waals surface area contributed by atoms with Crippen LogP contribution in [-0.4, -0.2) is 67.4 Å². The van der Waals surface area contributed by atoms with Gasteiger partial charge in [0.2, 0.25) is 5.95 Å². The fourth-order valence-electron chi connectivity index (χ4n) is 4.92. The molecule has 2 aromatic heterocycles. The molecule has 4 aromatic rings. The summed E-state index contributed by atoms with van der Waals surface area (Å²) in [6, 6.07) is 15.8. The van der Waals surface area contributed by atoms with Crippen LogP contribution in [0.2, 0.25) is 0 Å². The lowest BCUT2D eigenvalue weighted by Crippen LogP contribution is -2.46. The van der Waals surface area contributed by atoms with Crippen molar-refractivity contribution in [3.8, 4) is 11.1 Å². The molecule has 5 rings (SSSR count). The van der Waals surface area contributed by atoms with Gasteiger partial charge in [-0.3, -0.25) is 29.4 Å². The van der Waals surface area contributed by atoms with Crippen molar-refractivity contribution in [2.45, 2.75) is 25.9 Å². The number of hydrogen-bond acceptors (Lipinski definition) is 10. The number of nitrogens with two attached hydrogens (primary N) is 1. The number of amides is 1. The van der Waals surface area contributed by atoms with Gasteiger partial charge in [-0.05, 0) is 29.2 Å². The number of anilines is 1. The minimum absolute atomic E-state index is 0.0310. The summed E-state index contributed by atoms with van der Waals surface area (Å²) in [5.74, 6) is -2.26. The number of benzene rings is 2. The van der Waals surface area contributed by atoms with Crippen LogP contribution >= 0.6 is 0 Å². The number of carboxylic acids is 1. The first-order valence-electron chi connectivity index (χ1n) is 12.7. The van der Waals surface area contributed by atoms with Crippen LogP contribution < -0.4 is 16.7 Å². The zero-order valence-corrected chi connectivity index (χ0v) is 22.0. The predicted molar refractivity (Wildman–Crippen MR) is 145 cm³/mol. The highest BCUT2D eigenvalue weighted by molar-refractivity contribution is 5.79. The Hall–Kier alpha value is -5.24. The number of imidazole rings is 1. The van der Waals surface area contributed by atoms with Crippen LogP contribution in [-0.2, 0) is 32.2 Å². The molecule has 0 saturated heterocycles. The second-order valence-corrected chi connectivity index (χ2v) is 9.23. The highest BCUT2D eigenvalue weighted by atomic mass is 16.6. The first-order valence-corrected chi connectivity index (χ1v) is 12.7. The molecular formula is C27H27N7O7. The minimum Gasteiger partial charge on any atom is -0.480 e. The van der Waals surface area contributed by atoms with Gasteiger partial charge >= 0.3 is 18.0 Å². The van der Waals surface area contributed by atoms with Gasteiger partial charge in [-0.15, -0.1) is 0 Å². The molecule has 0 radical (unpaired) electrons. The maximum atomic E-state index is 13.0. The zero-order chi connectivity index (χ0) is 29.1. The Bertz CT molecular complexity index is 1650. The zero-order valence-electron chi connectivity index (χ0n) is 22.0. The maximum absolute atomic E-state index is 13.0. The Balaban J connectivity index is 1.37. The van der Waals surface area contributed by atoms with Crippen molar-refractivity contribution >= 4 is 35.1 Å². The molecule has 14 heteroatoms. The Morgan fingerprint density at radius 2 is 1.73 bits per heavy atom. The van der Waals surface area contributed by atoms with Crippen LogP contribution in [0.15, 0.2) is 53.3 Å². The first-order chi connectivity index (χ1) is 19.7. The fourth-order valence-corrected chi connectivity index (χ4v) is 4.92. The van der Waals surface area contributed by atoms with Crippen LogP contribution in [0.25, 0.3) is 22.3 Å². The van der Waals surface area contributed by atoms with Gasteiger partial charge in [0.05, 0.1) is 13.2 Å². The minimum atomic E-state index is -1.23. The second kappa shape index (κ2) is 11.5. The van der Waals surface area contributed by atoms with Gasteiger partial charge in [0, 0.05) is 5.92 Å². The van der Waals surface area contributed by atoms with E-state index in [4.69, 9.17) is 15.2 Å². The average Bonchev–Trinajstić information content (AvgIpc) is 3.42. The number of H-pyrrole nitrogens is 1. The third kappa shape index (κ3) is 5.72. The summed E-state index contributed by atoms with van der Waals surface area (Å²) in [5.41, 5.74) is 11.5. The second-order valence-electron chi connectivity index (χ2n) is 9.23. The molecule has 5 N–H and O–H groups in total. The highest BCUT2D eigenvalue weighted by Gasteiger charge is 2.29. The average molecular weight is 562 g/mol. The molecular weight excluding hydrogens is 534 g/mol. The number of aromatic nitrogens is 4. The monoisotopic (exact) mass is 561 g/mol. The van der Waals surface area contributed by atoms with Crippen molar-refractivity contribution in [1.82, 2.24) is 30.0 Å². The third-order valence-electron chi connectivity index (χ3n) is 6.55. The summed E-state index contributed by atoms with van der Waals surface area (Å²) in [7, 11) is 0. The van der Waals surface area contributed by atoms with Crippen LogP contribution in [0.4, 0.5) is 10.7 Å². The van der Waals surface area contributed by atoms with E-state index in [9.17, 15) is 24.3 Å². The summed E-state index contributed by atoms with van der Waals surface area (Å²) in [4.78, 5) is 59.8. The van der Waals surface area contributed by atoms with Crippen molar-refractivity contribution in [1.29, 1.82) is 0 Å². The predicted octanol–water partition coefficient (Wildman–Crippen LogP) is 1.61. The molecule has 0 fully saturated rings. The van der Waals surface area contributed by atoms with Gasteiger partial charge in [0.15, 0.2) is 11.2 Å². The van der Waals surface area contributed by atoms with E-state index in [0.29, 0.717) is 0 Å². The molecule has 212 valence electrons. The standard InChI is InChI=1S/C27H27N7O7/c1-2-40-22(37)13-33(11-20-29-23-24(34(20)12-21(35)36)30-26(28)31-25(23)38)32-27(39)41-14-19-17-9-5-3-7-15(17)16-8-4-6-10-18(16)19/h3-10,19H,2,11-14H2,1H3,(H,32,39)(H,35,36)(H3,28,30,31,38). The van der Waals surface area contributed by atoms with E-state index in [-0.39, 0.29) is 48.6 Å². The molecule has 2 aromatic carbocycles. The number of carbonyl (C=O) groups is 3. The van der Waals surface area contributed by atoms with Crippen LogP contribution in [0.3, 0.4) is 0 Å². The Morgan fingerprint density at radius 1 is 1.07 bits per heavy atom. The summed E-state index contributed by atoms with van der Waals surface area (Å²) < 4.78 is 11.8. The van der Waals surface area contributed by atoms with Crippen molar-refractivity contribution in [2.75, 3.05) is 25.5 Å². The van der Waals surface area contributed by atoms with E-state index in [0.717, 1.165) is 27.3 Å². The molecule has 0 saturated carbocycles. The lowest BCUT2D eigenvalue weighted by atomic mass is 9.98. The Labute approximate surface area is 232 Å². The number of ether oxygens (including phenoxy) is 2. The molecule has 0 atom stereocenters. The normalized spacial score (nSPS) is 12.2. The third-order valence-corrected chi connectivity index (χ3v) is 6.55. The summed E-state index contributed by atoms with van der Waals surface area (Å²) >= 11 is 0. The summed E-state index contributed by atoms with van der Waals surface area (Å²) in [6.07, 6.45) is -0.850. The quantitative estimate of drug-likeness (QED) is 0.162. The number of rotatable bonds is 10. The smallest absolute Gasteiger partial charge is 0.421 e. The van der Waals surface area contributed by atoms with Crippen molar-refractivity contribution in [2.24, 2.45) is 0 Å². The van der Waals surface area contributed by atoms with E-state index in [1.165, 1.54) is 4.57 Å². The summed E-state index contributed by atoms with van der Waals surface area (Å²) in [5, 5.41) is 10.6. The number of aromatic amines is 1. The van der Waals surface area contributed by atoms with E-state index in [2.05, 4.69) is 20.4 Å². The van der Waals surface area contributed by atoms with Crippen molar-refractivity contribution in [3.63, 3.8) is 0 Å². The van der Waals surface area contributed by atoms with Gasteiger partial charge in [-0.2, -0.15) is 9.99 Å². The fraction of sp³-hybridized carbons (Fsp3) is 0.259. The number of carbonyl (C=O) groups excluding carboxylic acids is 2. The van der Waals surface area contributed by atoms with E-state index in [1.54, 1.807) is 6.92 Å². The number of fused-ring (bicyclic) bond motifs is 4. The number of nitrogens with zero attached hydrogens (tertiary/aromatic N) is 4. The Kier molecular flexibility index (Phi) is 7.65. The molecule has 1 amide bonds. The number of nitrogens with one attached hydrogen (secondary N) is 2. The lowest BCUT2D eigenvalue weighted by molar-refractivity contribution is -0.145. The molecule has 41 heavy (non-hydrogen) atoms. The largest absolute Gasteiger partial charge is 0.480 e. The van der Waals surface area contributed by atoms with E-state index in [1.807, 2.05) is 48.5 Å². The molecule has 0 spiro atoms. The van der Waals surface area contributed by atoms with Gasteiger partial charge in [0.1, 0.15) is 25.5 Å². The number of carboxylic acid groups (broad SMARTS) is 1. The van der Waals surface area contributed by atoms with Crippen molar-refractivity contribution < 1.29 is 29.0 Å². The number of hydrogen-bond donors (Lipinski definition) is 4.